The van der Waals surface area contributed by atoms with Gasteiger partial charge in [-0.2, -0.15) is 5.26 Å². The number of esters is 1. The summed E-state index contributed by atoms with van der Waals surface area (Å²) < 4.78 is 10.9. The van der Waals surface area contributed by atoms with E-state index in [4.69, 9.17) is 9.47 Å². The van der Waals surface area contributed by atoms with Crippen LogP contribution in [0, 0.1) is 11.3 Å². The molecule has 1 aliphatic rings. The topological polar surface area (TPSA) is 96.7 Å². The summed E-state index contributed by atoms with van der Waals surface area (Å²) in [6.45, 7) is 1.44. The van der Waals surface area contributed by atoms with E-state index in [1.165, 1.54) is 20.1 Å². The molecule has 0 bridgehead atoms. The van der Waals surface area contributed by atoms with Gasteiger partial charge in [-0.1, -0.05) is 48.5 Å². The van der Waals surface area contributed by atoms with E-state index in [0.29, 0.717) is 11.1 Å². The number of rotatable bonds is 6. The first-order chi connectivity index (χ1) is 16.4. The van der Waals surface area contributed by atoms with Crippen LogP contribution in [0.5, 0.6) is 11.5 Å². The van der Waals surface area contributed by atoms with Crippen LogP contribution in [-0.2, 0) is 4.79 Å². The van der Waals surface area contributed by atoms with Crippen molar-refractivity contribution in [1.29, 1.82) is 5.26 Å². The molecule has 7 nitrogen and oxygen atoms in total. The van der Waals surface area contributed by atoms with Gasteiger partial charge >= 0.3 is 5.97 Å². The van der Waals surface area contributed by atoms with E-state index >= 15 is 0 Å². The Balaban J connectivity index is 1.55. The molecule has 1 heterocycles. The number of carbonyl (C=O) groups excluding carboxylic acids is 3. The molecule has 168 valence electrons. The molecule has 3 aromatic carbocycles. The van der Waals surface area contributed by atoms with E-state index in [-0.39, 0.29) is 22.6 Å². The Bertz CT molecular complexity index is 1320. The molecule has 0 aliphatic carbocycles. The second kappa shape index (κ2) is 9.43. The first-order valence-electron chi connectivity index (χ1n) is 10.5. The summed E-state index contributed by atoms with van der Waals surface area (Å²) in [4.78, 5) is 39.0. The lowest BCUT2D eigenvalue weighted by molar-refractivity contribution is -0.138. The summed E-state index contributed by atoms with van der Waals surface area (Å²) in [6, 6.07) is 21.5. The van der Waals surface area contributed by atoms with Gasteiger partial charge in [0.2, 0.25) is 0 Å². The minimum atomic E-state index is -1.14. The van der Waals surface area contributed by atoms with Crippen LogP contribution >= 0.6 is 0 Å². The number of hydrogen-bond acceptors (Lipinski definition) is 6. The van der Waals surface area contributed by atoms with Crippen molar-refractivity contribution in [2.24, 2.45) is 0 Å². The predicted molar refractivity (Wildman–Crippen MR) is 125 cm³/mol. The number of fused-ring (bicyclic) bond motifs is 1. The minimum absolute atomic E-state index is 0.131. The van der Waals surface area contributed by atoms with Crippen molar-refractivity contribution < 1.29 is 23.9 Å². The van der Waals surface area contributed by atoms with Gasteiger partial charge in [-0.05, 0) is 48.4 Å². The Morgan fingerprint density at radius 2 is 1.56 bits per heavy atom. The molecule has 34 heavy (non-hydrogen) atoms. The molecule has 3 aromatic rings. The molecule has 0 saturated heterocycles. The van der Waals surface area contributed by atoms with Crippen LogP contribution < -0.4 is 9.47 Å². The van der Waals surface area contributed by atoms with Crippen molar-refractivity contribution in [3.63, 3.8) is 0 Å². The van der Waals surface area contributed by atoms with Crippen molar-refractivity contribution in [3.05, 3.63) is 95.1 Å². The number of carbonyl (C=O) groups is 3. The van der Waals surface area contributed by atoms with Gasteiger partial charge in [0, 0.05) is 0 Å². The molecular formula is C27H20N2O5. The van der Waals surface area contributed by atoms with Gasteiger partial charge < -0.3 is 9.47 Å². The van der Waals surface area contributed by atoms with Crippen LogP contribution in [0.2, 0.25) is 0 Å². The summed E-state index contributed by atoms with van der Waals surface area (Å²) in [7, 11) is 1.43. The maximum Gasteiger partial charge on any atom is 0.334 e. The zero-order valence-electron chi connectivity index (χ0n) is 18.5. The van der Waals surface area contributed by atoms with E-state index in [1.807, 2.05) is 30.3 Å². The molecule has 0 saturated carbocycles. The maximum atomic E-state index is 12.8. The molecule has 0 aromatic heterocycles. The molecule has 1 unspecified atom stereocenters. The second-order valence-electron chi connectivity index (χ2n) is 7.57. The molecule has 1 aliphatic heterocycles. The number of methoxy groups -OCH3 is 1. The SMILES string of the molecule is COc1cc(/C=C(\C#N)c2ccccc2)ccc1OC(=O)C(C)N1C(=O)c2ccccc2C1=O. The van der Waals surface area contributed by atoms with Gasteiger partial charge in [0.1, 0.15) is 6.04 Å². The second-order valence-corrected chi connectivity index (χ2v) is 7.57. The number of nitrogens with zero attached hydrogens (tertiary/aromatic N) is 2. The van der Waals surface area contributed by atoms with E-state index in [1.54, 1.807) is 42.5 Å². The Kier molecular flexibility index (Phi) is 6.24. The normalized spacial score (nSPS) is 13.8. The lowest BCUT2D eigenvalue weighted by Gasteiger charge is -2.21. The Morgan fingerprint density at radius 3 is 2.15 bits per heavy atom. The molecule has 1 atom stereocenters. The van der Waals surface area contributed by atoms with Crippen molar-refractivity contribution >= 4 is 29.4 Å². The number of amides is 2. The fraction of sp³-hybridized carbons (Fsp3) is 0.111. The van der Waals surface area contributed by atoms with Crippen LogP contribution in [0.15, 0.2) is 72.8 Å². The van der Waals surface area contributed by atoms with E-state index < -0.39 is 23.8 Å². The smallest absolute Gasteiger partial charge is 0.334 e. The molecule has 0 spiro atoms. The number of allylic oxidation sites excluding steroid dienone is 1. The van der Waals surface area contributed by atoms with Gasteiger partial charge in [-0.3, -0.25) is 14.5 Å². The van der Waals surface area contributed by atoms with Crippen LogP contribution in [0.1, 0.15) is 38.8 Å². The van der Waals surface area contributed by atoms with Gasteiger partial charge in [0.15, 0.2) is 11.5 Å². The molecule has 4 rings (SSSR count). The lowest BCUT2D eigenvalue weighted by atomic mass is 10.0. The quantitative estimate of drug-likeness (QED) is 0.181. The highest BCUT2D eigenvalue weighted by molar-refractivity contribution is 6.22. The van der Waals surface area contributed by atoms with Crippen LogP contribution in [0.3, 0.4) is 0 Å². The van der Waals surface area contributed by atoms with Crippen molar-refractivity contribution in [2.75, 3.05) is 7.11 Å². The summed E-state index contributed by atoms with van der Waals surface area (Å²) in [5.41, 5.74) is 2.42. The third kappa shape index (κ3) is 4.17. The zero-order chi connectivity index (χ0) is 24.2. The lowest BCUT2D eigenvalue weighted by Crippen LogP contribution is -2.44. The van der Waals surface area contributed by atoms with E-state index in [0.717, 1.165) is 10.5 Å². The fourth-order valence-corrected chi connectivity index (χ4v) is 3.68. The van der Waals surface area contributed by atoms with E-state index in [2.05, 4.69) is 6.07 Å². The van der Waals surface area contributed by atoms with Crippen LogP contribution in [0.4, 0.5) is 0 Å². The van der Waals surface area contributed by atoms with Crippen molar-refractivity contribution in [2.45, 2.75) is 13.0 Å². The third-order valence-corrected chi connectivity index (χ3v) is 5.47. The largest absolute Gasteiger partial charge is 0.493 e. The number of ether oxygens (including phenoxy) is 2. The monoisotopic (exact) mass is 452 g/mol. The van der Waals surface area contributed by atoms with E-state index in [9.17, 15) is 19.6 Å². The number of benzene rings is 3. The zero-order valence-corrected chi connectivity index (χ0v) is 18.5. The molecule has 7 heteroatoms. The Labute approximate surface area is 196 Å². The van der Waals surface area contributed by atoms with Gasteiger partial charge in [0.25, 0.3) is 11.8 Å². The number of nitriles is 1. The van der Waals surface area contributed by atoms with Gasteiger partial charge in [-0.15, -0.1) is 0 Å². The molecule has 0 fully saturated rings. The molecule has 2 amide bonds. The van der Waals surface area contributed by atoms with Gasteiger partial charge in [0.05, 0.1) is 29.9 Å². The summed E-state index contributed by atoms with van der Waals surface area (Å²) in [5, 5.41) is 9.54. The highest BCUT2D eigenvalue weighted by Crippen LogP contribution is 2.31. The molecule has 0 radical (unpaired) electrons. The Hall–Kier alpha value is -4.70. The fourth-order valence-electron chi connectivity index (χ4n) is 3.68. The minimum Gasteiger partial charge on any atom is -0.493 e. The third-order valence-electron chi connectivity index (χ3n) is 5.47. The van der Waals surface area contributed by atoms with Crippen molar-refractivity contribution in [3.8, 4) is 17.6 Å². The van der Waals surface area contributed by atoms with Gasteiger partial charge in [-0.25, -0.2) is 4.79 Å². The highest BCUT2D eigenvalue weighted by atomic mass is 16.6. The summed E-state index contributed by atoms with van der Waals surface area (Å²) >= 11 is 0. The summed E-state index contributed by atoms with van der Waals surface area (Å²) in [6.07, 6.45) is 1.70. The number of imide groups is 1. The number of hydrogen-bond donors (Lipinski definition) is 0. The Morgan fingerprint density at radius 1 is 0.941 bits per heavy atom. The first-order valence-corrected chi connectivity index (χ1v) is 10.5. The maximum absolute atomic E-state index is 12.8. The standard InChI is InChI=1S/C27H20N2O5/c1-17(29-25(30)21-10-6-7-11-22(21)26(29)31)27(32)34-23-13-12-18(15-24(23)33-2)14-20(16-28)19-8-4-3-5-9-19/h3-15,17H,1-2H3/b20-14+. The first kappa shape index (κ1) is 22.5. The highest BCUT2D eigenvalue weighted by Gasteiger charge is 2.41. The van der Waals surface area contributed by atoms with Crippen molar-refractivity contribution in [1.82, 2.24) is 4.90 Å². The van der Waals surface area contributed by atoms with Crippen LogP contribution in [0.25, 0.3) is 11.6 Å². The predicted octanol–water partition coefficient (Wildman–Crippen LogP) is 4.35. The summed E-state index contributed by atoms with van der Waals surface area (Å²) in [5.74, 6) is -1.46. The average molecular weight is 452 g/mol. The molecular weight excluding hydrogens is 432 g/mol. The average Bonchev–Trinajstić information content (AvgIpc) is 3.13. The molecule has 0 N–H and O–H groups in total. The van der Waals surface area contributed by atoms with Crippen LogP contribution in [-0.4, -0.2) is 35.8 Å².